The lowest BCUT2D eigenvalue weighted by Gasteiger charge is -2.41. The van der Waals surface area contributed by atoms with Crippen LogP contribution in [0.15, 0.2) is 42.6 Å². The third-order valence-corrected chi connectivity index (χ3v) is 8.63. The van der Waals surface area contributed by atoms with Gasteiger partial charge in [-0.2, -0.15) is 0 Å². The summed E-state index contributed by atoms with van der Waals surface area (Å²) in [4.78, 5) is 34.5. The molecular weight excluding hydrogens is 497 g/mol. The zero-order chi connectivity index (χ0) is 25.3. The molecule has 1 aromatic carbocycles. The van der Waals surface area contributed by atoms with Gasteiger partial charge in [-0.25, -0.2) is 4.98 Å². The molecule has 5 rings (SSSR count). The first kappa shape index (κ1) is 25.3. The van der Waals surface area contributed by atoms with Gasteiger partial charge < -0.3 is 14.5 Å². The molecule has 2 aliphatic heterocycles. The van der Waals surface area contributed by atoms with E-state index in [-0.39, 0.29) is 35.0 Å². The molecule has 1 saturated carbocycles. The highest BCUT2D eigenvalue weighted by molar-refractivity contribution is 6.30. The third-order valence-electron chi connectivity index (χ3n) is 8.16. The fraction of sp³-hybridized carbons (Fsp3) is 0.536. The van der Waals surface area contributed by atoms with E-state index in [2.05, 4.69) is 24.0 Å². The maximum absolute atomic E-state index is 13.5. The largest absolute Gasteiger partial charge is 0.477 e. The van der Waals surface area contributed by atoms with Crippen LogP contribution in [0, 0.1) is 17.3 Å². The third kappa shape index (κ3) is 5.65. The number of likely N-dealkylation sites (tertiary alicyclic amines) is 2. The normalized spacial score (nSPS) is 23.9. The van der Waals surface area contributed by atoms with Gasteiger partial charge in [-0.3, -0.25) is 9.59 Å². The van der Waals surface area contributed by atoms with Crippen LogP contribution in [-0.4, -0.2) is 59.4 Å². The average molecular weight is 530 g/mol. The molecule has 36 heavy (non-hydrogen) atoms. The Morgan fingerprint density at radius 3 is 2.28 bits per heavy atom. The van der Waals surface area contributed by atoms with E-state index in [0.29, 0.717) is 48.7 Å². The smallest absolute Gasteiger partial charge is 0.228 e. The number of nitrogens with zero attached hydrogens (tertiary/aromatic N) is 3. The molecular formula is C28H33Cl2N3O3. The van der Waals surface area contributed by atoms with Crippen LogP contribution in [0.3, 0.4) is 0 Å². The van der Waals surface area contributed by atoms with Crippen molar-refractivity contribution in [2.45, 2.75) is 44.9 Å². The summed E-state index contributed by atoms with van der Waals surface area (Å²) in [7, 11) is 0. The van der Waals surface area contributed by atoms with Crippen molar-refractivity contribution < 1.29 is 14.3 Å². The standard InChI is InChI=1S/C28H33Cl2N3O3/c1-28(11-12-28)27(35)32-13-8-20(9-14-32)26(34)33-15-10-21(18-36-25-7-6-23(30)16-31-25)24(17-33)19-2-4-22(29)5-3-19/h2-7,16,20-21,24H,8-15,17-18H2,1H3/t21?,24-/m0/s1. The number of aromatic nitrogens is 1. The van der Waals surface area contributed by atoms with Crippen LogP contribution in [0.25, 0.3) is 0 Å². The Kier molecular flexibility index (Phi) is 7.45. The molecule has 1 aliphatic carbocycles. The van der Waals surface area contributed by atoms with Crippen LogP contribution in [0.5, 0.6) is 5.88 Å². The van der Waals surface area contributed by atoms with E-state index >= 15 is 0 Å². The van der Waals surface area contributed by atoms with Crippen molar-refractivity contribution in [2.24, 2.45) is 17.3 Å². The monoisotopic (exact) mass is 529 g/mol. The van der Waals surface area contributed by atoms with Gasteiger partial charge in [-0.1, -0.05) is 42.3 Å². The number of carbonyl (C=O) groups is 2. The molecule has 192 valence electrons. The molecule has 1 aromatic heterocycles. The van der Waals surface area contributed by atoms with Gasteiger partial charge in [0.1, 0.15) is 0 Å². The second-order valence-electron chi connectivity index (χ2n) is 10.7. The molecule has 0 N–H and O–H groups in total. The molecule has 0 spiro atoms. The molecule has 2 saturated heterocycles. The van der Waals surface area contributed by atoms with E-state index < -0.39 is 0 Å². The summed E-state index contributed by atoms with van der Waals surface area (Å²) in [6.45, 7) is 5.30. The van der Waals surface area contributed by atoms with E-state index in [0.717, 1.165) is 37.7 Å². The van der Waals surface area contributed by atoms with Crippen molar-refractivity contribution >= 4 is 35.0 Å². The number of hydrogen-bond donors (Lipinski definition) is 0. The summed E-state index contributed by atoms with van der Waals surface area (Å²) >= 11 is 12.1. The van der Waals surface area contributed by atoms with Crippen molar-refractivity contribution in [3.63, 3.8) is 0 Å². The van der Waals surface area contributed by atoms with E-state index in [1.165, 1.54) is 0 Å². The van der Waals surface area contributed by atoms with Crippen LogP contribution < -0.4 is 4.74 Å². The Balaban J connectivity index is 1.23. The highest BCUT2D eigenvalue weighted by atomic mass is 35.5. The Hall–Kier alpha value is -2.31. The van der Waals surface area contributed by atoms with Crippen molar-refractivity contribution in [3.05, 3.63) is 58.2 Å². The molecule has 3 aliphatic rings. The molecule has 3 heterocycles. The fourth-order valence-electron chi connectivity index (χ4n) is 5.50. The quantitative estimate of drug-likeness (QED) is 0.499. The van der Waals surface area contributed by atoms with E-state index in [1.54, 1.807) is 18.3 Å². The fourth-order valence-corrected chi connectivity index (χ4v) is 5.74. The predicted molar refractivity (Wildman–Crippen MR) is 140 cm³/mol. The number of pyridine rings is 1. The lowest BCUT2D eigenvalue weighted by molar-refractivity contribution is -0.144. The molecule has 3 fully saturated rings. The predicted octanol–water partition coefficient (Wildman–Crippen LogP) is 5.44. The molecule has 2 amide bonds. The van der Waals surface area contributed by atoms with Crippen molar-refractivity contribution in [1.82, 2.24) is 14.8 Å². The number of piperidine rings is 2. The van der Waals surface area contributed by atoms with Crippen LogP contribution >= 0.6 is 23.2 Å². The van der Waals surface area contributed by atoms with Gasteiger partial charge in [0.25, 0.3) is 0 Å². The summed E-state index contributed by atoms with van der Waals surface area (Å²) in [5, 5.41) is 1.27. The first-order valence-electron chi connectivity index (χ1n) is 12.9. The van der Waals surface area contributed by atoms with Gasteiger partial charge in [0.05, 0.1) is 11.6 Å². The van der Waals surface area contributed by atoms with E-state index in [4.69, 9.17) is 27.9 Å². The minimum atomic E-state index is -0.145. The number of halogens is 2. The van der Waals surface area contributed by atoms with Crippen LogP contribution in [0.2, 0.25) is 10.0 Å². The van der Waals surface area contributed by atoms with Gasteiger partial charge in [-0.05, 0) is 55.9 Å². The van der Waals surface area contributed by atoms with Crippen molar-refractivity contribution in [3.8, 4) is 5.88 Å². The molecule has 0 bridgehead atoms. The number of amides is 2. The molecule has 0 radical (unpaired) electrons. The Morgan fingerprint density at radius 2 is 1.64 bits per heavy atom. The maximum atomic E-state index is 13.5. The maximum Gasteiger partial charge on any atom is 0.228 e. The number of carbonyl (C=O) groups excluding carboxylic acids is 2. The number of ether oxygens (including phenoxy) is 1. The minimum absolute atomic E-state index is 0.0157. The molecule has 2 aromatic rings. The van der Waals surface area contributed by atoms with Gasteiger partial charge in [0.15, 0.2) is 0 Å². The number of rotatable bonds is 6. The zero-order valence-electron chi connectivity index (χ0n) is 20.7. The average Bonchev–Trinajstić information content (AvgIpc) is 3.66. The topological polar surface area (TPSA) is 62.7 Å². The van der Waals surface area contributed by atoms with E-state index in [9.17, 15) is 9.59 Å². The van der Waals surface area contributed by atoms with Crippen molar-refractivity contribution in [1.29, 1.82) is 0 Å². The lowest BCUT2D eigenvalue weighted by atomic mass is 9.80. The summed E-state index contributed by atoms with van der Waals surface area (Å²) in [5.74, 6) is 1.41. The molecule has 1 unspecified atom stereocenters. The highest BCUT2D eigenvalue weighted by Gasteiger charge is 2.48. The van der Waals surface area contributed by atoms with Gasteiger partial charge in [0, 0.05) is 66.6 Å². The van der Waals surface area contributed by atoms with Crippen molar-refractivity contribution in [2.75, 3.05) is 32.8 Å². The second-order valence-corrected chi connectivity index (χ2v) is 11.6. The summed E-state index contributed by atoms with van der Waals surface area (Å²) < 4.78 is 6.02. The molecule has 6 nitrogen and oxygen atoms in total. The van der Waals surface area contributed by atoms with E-state index in [1.807, 2.05) is 21.9 Å². The summed E-state index contributed by atoms with van der Waals surface area (Å²) in [6, 6.07) is 11.5. The Morgan fingerprint density at radius 1 is 0.972 bits per heavy atom. The van der Waals surface area contributed by atoms with Gasteiger partial charge in [0.2, 0.25) is 17.7 Å². The van der Waals surface area contributed by atoms with Crippen LogP contribution in [0.1, 0.15) is 50.5 Å². The lowest BCUT2D eigenvalue weighted by Crippen LogP contribution is -2.49. The van der Waals surface area contributed by atoms with Crippen LogP contribution in [-0.2, 0) is 9.59 Å². The zero-order valence-corrected chi connectivity index (χ0v) is 22.2. The van der Waals surface area contributed by atoms with Crippen LogP contribution in [0.4, 0.5) is 0 Å². The second kappa shape index (κ2) is 10.6. The number of hydrogen-bond acceptors (Lipinski definition) is 4. The minimum Gasteiger partial charge on any atom is -0.477 e. The SMILES string of the molecule is CC1(C(=O)N2CCC(C(=O)N3CCC(COc4ccc(Cl)cn4)[C@H](c4ccc(Cl)cc4)C3)CC2)CC1. The first-order valence-corrected chi connectivity index (χ1v) is 13.7. The summed E-state index contributed by atoms with van der Waals surface area (Å²) in [5.41, 5.74) is 1.02. The number of benzene rings is 1. The van der Waals surface area contributed by atoms with Gasteiger partial charge >= 0.3 is 0 Å². The molecule has 2 atom stereocenters. The summed E-state index contributed by atoms with van der Waals surface area (Å²) in [6.07, 6.45) is 5.91. The Labute approximate surface area is 222 Å². The Bertz CT molecular complexity index is 1080. The first-order chi connectivity index (χ1) is 17.3. The van der Waals surface area contributed by atoms with Gasteiger partial charge in [-0.15, -0.1) is 0 Å². The molecule has 8 heteroatoms. The highest BCUT2D eigenvalue weighted by Crippen LogP contribution is 2.47.